The summed E-state index contributed by atoms with van der Waals surface area (Å²) in [5.74, 6) is 0.277. The molecule has 0 radical (unpaired) electrons. The summed E-state index contributed by atoms with van der Waals surface area (Å²) in [6, 6.07) is 8.12. The van der Waals surface area contributed by atoms with Gasteiger partial charge in [-0.05, 0) is 49.8 Å². The predicted molar refractivity (Wildman–Crippen MR) is 109 cm³/mol. The Morgan fingerprint density at radius 2 is 1.86 bits per heavy atom. The Morgan fingerprint density at radius 3 is 2.55 bits per heavy atom. The predicted octanol–water partition coefficient (Wildman–Crippen LogP) is 2.36. The number of nitrogens with one attached hydrogen (secondary N) is 1. The maximum Gasteiger partial charge on any atom is 0.350 e. The lowest BCUT2D eigenvalue weighted by Gasteiger charge is -2.27. The summed E-state index contributed by atoms with van der Waals surface area (Å²) in [4.78, 5) is 24.8. The fourth-order valence-electron chi connectivity index (χ4n) is 4.14. The highest BCUT2D eigenvalue weighted by Gasteiger charge is 2.30. The van der Waals surface area contributed by atoms with Crippen molar-refractivity contribution in [2.45, 2.75) is 38.5 Å². The van der Waals surface area contributed by atoms with Crippen LogP contribution in [0.25, 0.3) is 0 Å². The zero-order chi connectivity index (χ0) is 20.7. The van der Waals surface area contributed by atoms with E-state index in [2.05, 4.69) is 4.90 Å². The highest BCUT2D eigenvalue weighted by atomic mass is 32.2. The van der Waals surface area contributed by atoms with Gasteiger partial charge in [0.15, 0.2) is 0 Å². The molecular formula is C20H31N3O5S. The number of likely N-dealkylation sites (tertiary alicyclic amines) is 1. The third-order valence-electron chi connectivity index (χ3n) is 5.63. The lowest BCUT2D eigenvalue weighted by molar-refractivity contribution is -0.291. The second-order valence-electron chi connectivity index (χ2n) is 7.89. The normalized spacial score (nSPS) is 21.5. The topological polar surface area (TPSA) is 88.2 Å². The van der Waals surface area contributed by atoms with Crippen LogP contribution in [0.5, 0.6) is 0 Å². The Kier molecular flexibility index (Phi) is 8.02. The number of carbonyl (C=O) groups excluding carboxylic acids is 1. The Labute approximate surface area is 173 Å². The van der Waals surface area contributed by atoms with Gasteiger partial charge < -0.3 is 4.90 Å². The smallest absolute Gasteiger partial charge is 0.303 e. The van der Waals surface area contributed by atoms with Crippen molar-refractivity contribution in [1.29, 1.82) is 0 Å². The molecular weight excluding hydrogens is 394 g/mol. The molecule has 1 unspecified atom stereocenters. The molecule has 1 amide bonds. The van der Waals surface area contributed by atoms with E-state index in [-0.39, 0.29) is 18.1 Å². The van der Waals surface area contributed by atoms with Gasteiger partial charge in [-0.1, -0.05) is 37.5 Å². The summed E-state index contributed by atoms with van der Waals surface area (Å²) in [5, 5.41) is 0. The van der Waals surface area contributed by atoms with Crippen LogP contribution >= 0.6 is 0 Å². The van der Waals surface area contributed by atoms with Crippen molar-refractivity contribution in [3.05, 3.63) is 35.9 Å². The number of hydrogen-bond acceptors (Lipinski definition) is 6. The first-order chi connectivity index (χ1) is 14.0. The molecule has 1 saturated carbocycles. The van der Waals surface area contributed by atoms with Crippen LogP contribution in [-0.4, -0.2) is 57.2 Å². The van der Waals surface area contributed by atoms with Crippen LogP contribution in [0.3, 0.4) is 0 Å². The number of carbonyl (C=O) groups is 1. The van der Waals surface area contributed by atoms with E-state index in [0.29, 0.717) is 4.63 Å². The van der Waals surface area contributed by atoms with Gasteiger partial charge in [-0.2, -0.15) is 8.42 Å². The molecule has 1 N–H and O–H groups in total. The van der Waals surface area contributed by atoms with Crippen molar-refractivity contribution in [3.63, 3.8) is 0 Å². The van der Waals surface area contributed by atoms with E-state index in [0.717, 1.165) is 32.0 Å². The van der Waals surface area contributed by atoms with Crippen molar-refractivity contribution < 1.29 is 22.9 Å². The SMILES string of the molecule is CON(OCC1CCN(CC2CCCCC2)C1)S(=O)(=O)NC(=O)c1ccccc1. The van der Waals surface area contributed by atoms with Crippen LogP contribution in [0.2, 0.25) is 0 Å². The Balaban J connectivity index is 1.46. The zero-order valence-electron chi connectivity index (χ0n) is 17.0. The van der Waals surface area contributed by atoms with E-state index in [4.69, 9.17) is 9.68 Å². The molecule has 1 aliphatic heterocycles. The van der Waals surface area contributed by atoms with E-state index in [1.807, 2.05) is 4.72 Å². The third-order valence-corrected chi connectivity index (χ3v) is 6.72. The van der Waals surface area contributed by atoms with Crippen molar-refractivity contribution >= 4 is 16.1 Å². The average molecular weight is 426 g/mol. The molecule has 1 aliphatic carbocycles. The second-order valence-corrected chi connectivity index (χ2v) is 9.34. The molecule has 2 fully saturated rings. The molecule has 1 saturated heterocycles. The third kappa shape index (κ3) is 6.48. The van der Waals surface area contributed by atoms with Crippen LogP contribution < -0.4 is 4.72 Å². The van der Waals surface area contributed by atoms with E-state index in [1.165, 1.54) is 51.3 Å². The number of rotatable bonds is 9. The van der Waals surface area contributed by atoms with Gasteiger partial charge >= 0.3 is 10.2 Å². The van der Waals surface area contributed by atoms with E-state index < -0.39 is 16.1 Å². The molecule has 1 aromatic rings. The molecule has 1 atom stereocenters. The molecule has 0 spiro atoms. The Hall–Kier alpha value is -1.52. The molecule has 8 nitrogen and oxygen atoms in total. The molecule has 1 aromatic carbocycles. The molecule has 0 bridgehead atoms. The fourth-order valence-corrected chi connectivity index (χ4v) is 4.96. The number of benzene rings is 1. The lowest BCUT2D eigenvalue weighted by atomic mass is 9.89. The fraction of sp³-hybridized carbons (Fsp3) is 0.650. The van der Waals surface area contributed by atoms with Gasteiger partial charge in [0, 0.05) is 18.7 Å². The van der Waals surface area contributed by atoms with Crippen LogP contribution in [0.1, 0.15) is 48.9 Å². The lowest BCUT2D eigenvalue weighted by Crippen LogP contribution is -2.43. The average Bonchev–Trinajstić information content (AvgIpc) is 3.16. The van der Waals surface area contributed by atoms with Gasteiger partial charge in [0.25, 0.3) is 5.91 Å². The van der Waals surface area contributed by atoms with Crippen LogP contribution in [0.15, 0.2) is 30.3 Å². The standard InChI is InChI=1S/C20H31N3O5S/c1-27-23(29(25,26)21-20(24)19-10-6-3-7-11-19)28-16-18-12-13-22(15-18)14-17-8-4-2-5-9-17/h3,6-7,10-11,17-18H,2,4-5,8-9,12-16H2,1H3,(H,21,24). The highest BCUT2D eigenvalue weighted by molar-refractivity contribution is 7.87. The summed E-state index contributed by atoms with van der Waals surface area (Å²) < 4.78 is 27.2. The maximum absolute atomic E-state index is 12.4. The number of amides is 1. The van der Waals surface area contributed by atoms with Crippen molar-refractivity contribution in [1.82, 2.24) is 14.3 Å². The summed E-state index contributed by atoms with van der Waals surface area (Å²) in [6.07, 6.45) is 7.61. The van der Waals surface area contributed by atoms with Crippen LogP contribution in [-0.2, 0) is 19.9 Å². The first kappa shape index (κ1) is 22.2. The van der Waals surface area contributed by atoms with Crippen molar-refractivity contribution in [2.75, 3.05) is 33.4 Å². The van der Waals surface area contributed by atoms with E-state index in [1.54, 1.807) is 18.2 Å². The summed E-state index contributed by atoms with van der Waals surface area (Å²) in [6.45, 7) is 3.24. The zero-order valence-corrected chi connectivity index (χ0v) is 17.8. The molecule has 0 aromatic heterocycles. The van der Waals surface area contributed by atoms with E-state index in [9.17, 15) is 13.2 Å². The monoisotopic (exact) mass is 425 g/mol. The molecule has 1 heterocycles. The van der Waals surface area contributed by atoms with Crippen molar-refractivity contribution in [2.24, 2.45) is 11.8 Å². The van der Waals surface area contributed by atoms with Gasteiger partial charge in [-0.25, -0.2) is 4.72 Å². The molecule has 2 aliphatic rings. The Bertz CT molecular complexity index is 753. The quantitative estimate of drug-likeness (QED) is 0.611. The minimum absolute atomic E-state index is 0.218. The maximum atomic E-state index is 12.4. The van der Waals surface area contributed by atoms with Gasteiger partial charge in [-0.15, -0.1) is 0 Å². The van der Waals surface area contributed by atoms with Crippen LogP contribution in [0, 0.1) is 11.8 Å². The van der Waals surface area contributed by atoms with Gasteiger partial charge in [0.1, 0.15) is 0 Å². The number of hydrogen-bond donors (Lipinski definition) is 1. The van der Waals surface area contributed by atoms with E-state index >= 15 is 0 Å². The van der Waals surface area contributed by atoms with Gasteiger partial charge in [-0.3, -0.25) is 14.5 Å². The number of nitrogens with zero attached hydrogens (tertiary/aromatic N) is 2. The molecule has 3 rings (SSSR count). The Morgan fingerprint density at radius 1 is 1.14 bits per heavy atom. The summed E-state index contributed by atoms with van der Waals surface area (Å²) in [7, 11) is -3.08. The van der Waals surface area contributed by atoms with Crippen molar-refractivity contribution in [3.8, 4) is 0 Å². The largest absolute Gasteiger partial charge is 0.350 e. The van der Waals surface area contributed by atoms with Crippen LogP contribution in [0.4, 0.5) is 0 Å². The van der Waals surface area contributed by atoms with Gasteiger partial charge in [0.2, 0.25) is 0 Å². The minimum Gasteiger partial charge on any atom is -0.303 e. The molecule has 29 heavy (non-hydrogen) atoms. The first-order valence-electron chi connectivity index (χ1n) is 10.3. The minimum atomic E-state index is -4.27. The summed E-state index contributed by atoms with van der Waals surface area (Å²) >= 11 is 0. The highest BCUT2D eigenvalue weighted by Crippen LogP contribution is 2.27. The molecule has 9 heteroatoms. The van der Waals surface area contributed by atoms with Gasteiger partial charge in [0.05, 0.1) is 18.3 Å². The first-order valence-corrected chi connectivity index (χ1v) is 11.7. The summed E-state index contributed by atoms with van der Waals surface area (Å²) in [5.41, 5.74) is 0.237. The molecule has 162 valence electrons. The second kappa shape index (κ2) is 10.5.